The predicted octanol–water partition coefficient (Wildman–Crippen LogP) is 2.94. The first-order chi connectivity index (χ1) is 10.2. The lowest BCUT2D eigenvalue weighted by atomic mass is 10.2. The highest BCUT2D eigenvalue weighted by molar-refractivity contribution is 5.74. The summed E-state index contributed by atoms with van der Waals surface area (Å²) in [5, 5.41) is 16.0. The zero-order chi connectivity index (χ0) is 15.1. The summed E-state index contributed by atoms with van der Waals surface area (Å²) in [5.41, 5.74) is 2.60. The Kier molecular flexibility index (Phi) is 4.82. The van der Waals surface area contributed by atoms with E-state index in [2.05, 4.69) is 77.5 Å². The summed E-state index contributed by atoms with van der Waals surface area (Å²) in [5.74, 6) is 0. The zero-order valence-corrected chi connectivity index (χ0v) is 11.3. The van der Waals surface area contributed by atoms with E-state index < -0.39 is 5.09 Å². The number of benzene rings is 2. The summed E-state index contributed by atoms with van der Waals surface area (Å²) in [4.78, 5) is 8.25. The molecule has 0 bridgehead atoms. The summed E-state index contributed by atoms with van der Waals surface area (Å²) in [6.07, 6.45) is 2.13. The number of para-hydroxylation sites is 1. The quantitative estimate of drug-likeness (QED) is 0.412. The van der Waals surface area contributed by atoms with Gasteiger partial charge in [0.25, 0.3) is 0 Å². The summed E-state index contributed by atoms with van der Waals surface area (Å²) >= 11 is 0. The van der Waals surface area contributed by atoms with Crippen LogP contribution in [0.15, 0.2) is 72.9 Å². The average molecular weight is 282 g/mol. The van der Waals surface area contributed by atoms with Crippen LogP contribution < -0.4 is 4.57 Å². The number of nitrogens with zero attached hydrogens (tertiary/aromatic N) is 2. The van der Waals surface area contributed by atoms with Crippen molar-refractivity contribution in [3.63, 3.8) is 0 Å². The molecule has 0 amide bonds. The smallest absolute Gasteiger partial charge is 0.212 e. The number of hydrogen-bond donors (Lipinski definition) is 0. The van der Waals surface area contributed by atoms with E-state index in [1.165, 1.54) is 16.5 Å². The van der Waals surface area contributed by atoms with E-state index in [9.17, 15) is 0 Å². The SMILES string of the molecule is O=[N+]([O-])[O-].c1ccc(C[n+]2cccc3ccccc32)cc1. The third-order valence-corrected chi connectivity index (χ3v) is 2.98. The number of aromatic nitrogens is 1. The van der Waals surface area contributed by atoms with E-state index in [0.717, 1.165) is 6.54 Å². The molecule has 0 saturated heterocycles. The van der Waals surface area contributed by atoms with Crippen LogP contribution >= 0.6 is 0 Å². The molecule has 0 fully saturated rings. The standard InChI is InChI=1S/C16H14N.NO3/c1-2-7-14(8-3-1)13-17-12-6-10-15-9-4-5-11-16(15)17;2-1(3)4/h1-12H,13H2;/q+1;-1. The summed E-state index contributed by atoms with van der Waals surface area (Å²) in [7, 11) is 0. The van der Waals surface area contributed by atoms with E-state index in [1.807, 2.05) is 0 Å². The van der Waals surface area contributed by atoms with Crippen molar-refractivity contribution in [2.45, 2.75) is 6.54 Å². The van der Waals surface area contributed by atoms with E-state index in [-0.39, 0.29) is 0 Å². The van der Waals surface area contributed by atoms with Crippen molar-refractivity contribution in [2.75, 3.05) is 0 Å². The van der Waals surface area contributed by atoms with Crippen LogP contribution in [-0.2, 0) is 6.54 Å². The normalized spacial score (nSPS) is 9.71. The molecule has 0 aliphatic heterocycles. The Morgan fingerprint density at radius 3 is 2.14 bits per heavy atom. The Bertz CT molecular complexity index is 720. The molecule has 2 aromatic carbocycles. The van der Waals surface area contributed by atoms with Gasteiger partial charge in [0.05, 0.1) is 5.09 Å². The molecule has 21 heavy (non-hydrogen) atoms. The highest BCUT2D eigenvalue weighted by Crippen LogP contribution is 2.09. The highest BCUT2D eigenvalue weighted by atomic mass is 16.9. The van der Waals surface area contributed by atoms with Gasteiger partial charge < -0.3 is 15.3 Å². The van der Waals surface area contributed by atoms with Crippen molar-refractivity contribution in [3.05, 3.63) is 93.8 Å². The minimum atomic E-state index is -1.75. The van der Waals surface area contributed by atoms with Crippen molar-refractivity contribution >= 4 is 10.9 Å². The summed E-state index contributed by atoms with van der Waals surface area (Å²) in [6, 6.07) is 23.3. The molecule has 0 N–H and O–H groups in total. The van der Waals surface area contributed by atoms with E-state index >= 15 is 0 Å². The van der Waals surface area contributed by atoms with Gasteiger partial charge in [0.1, 0.15) is 0 Å². The van der Waals surface area contributed by atoms with Crippen molar-refractivity contribution in [1.82, 2.24) is 0 Å². The Morgan fingerprint density at radius 2 is 1.43 bits per heavy atom. The molecule has 3 rings (SSSR count). The highest BCUT2D eigenvalue weighted by Gasteiger charge is 2.07. The van der Waals surface area contributed by atoms with Gasteiger partial charge in [-0.25, -0.2) is 0 Å². The molecule has 0 unspecified atom stereocenters. The average Bonchev–Trinajstić information content (AvgIpc) is 2.48. The van der Waals surface area contributed by atoms with Crippen LogP contribution in [-0.4, -0.2) is 5.09 Å². The molecule has 0 aliphatic carbocycles. The van der Waals surface area contributed by atoms with Crippen LogP contribution in [0.2, 0.25) is 0 Å². The van der Waals surface area contributed by atoms with Crippen molar-refractivity contribution in [1.29, 1.82) is 0 Å². The van der Waals surface area contributed by atoms with Gasteiger partial charge in [0, 0.05) is 23.1 Å². The fourth-order valence-electron chi connectivity index (χ4n) is 2.14. The fourth-order valence-corrected chi connectivity index (χ4v) is 2.14. The van der Waals surface area contributed by atoms with Crippen LogP contribution in [0.1, 0.15) is 5.56 Å². The fraction of sp³-hybridized carbons (Fsp3) is 0.0625. The monoisotopic (exact) mass is 282 g/mol. The second-order valence-corrected chi connectivity index (χ2v) is 4.40. The topological polar surface area (TPSA) is 70.1 Å². The zero-order valence-electron chi connectivity index (χ0n) is 11.3. The lowest BCUT2D eigenvalue weighted by molar-refractivity contribution is -0.662. The number of rotatable bonds is 2. The van der Waals surface area contributed by atoms with Gasteiger partial charge in [-0.05, 0) is 12.1 Å². The first kappa shape index (κ1) is 14.5. The third-order valence-electron chi connectivity index (χ3n) is 2.98. The molecule has 0 aliphatic rings. The molecule has 5 nitrogen and oxygen atoms in total. The van der Waals surface area contributed by atoms with Crippen LogP contribution in [0.25, 0.3) is 10.9 Å². The molecule has 106 valence electrons. The molecule has 0 atom stereocenters. The number of fused-ring (bicyclic) bond motifs is 1. The minimum Gasteiger partial charge on any atom is -0.356 e. The van der Waals surface area contributed by atoms with Crippen LogP contribution in [0, 0.1) is 15.3 Å². The minimum absolute atomic E-state index is 0.919. The maximum absolute atomic E-state index is 8.25. The molecule has 0 spiro atoms. The Labute approximate surface area is 121 Å². The Morgan fingerprint density at radius 1 is 0.857 bits per heavy atom. The first-order valence-electron chi connectivity index (χ1n) is 6.39. The molecule has 1 aromatic heterocycles. The maximum Gasteiger partial charge on any atom is 0.212 e. The predicted molar refractivity (Wildman–Crippen MR) is 80.0 cm³/mol. The van der Waals surface area contributed by atoms with Gasteiger partial charge in [-0.1, -0.05) is 42.5 Å². The number of pyridine rings is 1. The molecular weight excluding hydrogens is 268 g/mol. The Balaban J connectivity index is 0.000000361. The van der Waals surface area contributed by atoms with Gasteiger partial charge >= 0.3 is 0 Å². The van der Waals surface area contributed by atoms with Gasteiger partial charge in [0.2, 0.25) is 5.52 Å². The van der Waals surface area contributed by atoms with E-state index in [1.54, 1.807) is 0 Å². The molecule has 3 aromatic rings. The van der Waals surface area contributed by atoms with Crippen LogP contribution in [0.5, 0.6) is 0 Å². The molecule has 0 saturated carbocycles. The molecular formula is C16H14N2O3. The first-order valence-corrected chi connectivity index (χ1v) is 6.39. The molecule has 5 heteroatoms. The largest absolute Gasteiger partial charge is 0.356 e. The van der Waals surface area contributed by atoms with Gasteiger partial charge in [-0.2, -0.15) is 4.57 Å². The lowest BCUT2D eigenvalue weighted by Gasteiger charge is -2.01. The van der Waals surface area contributed by atoms with Crippen LogP contribution in [0.4, 0.5) is 0 Å². The maximum atomic E-state index is 8.25. The van der Waals surface area contributed by atoms with Gasteiger partial charge in [-0.15, -0.1) is 0 Å². The molecule has 0 radical (unpaired) electrons. The van der Waals surface area contributed by atoms with E-state index in [4.69, 9.17) is 15.3 Å². The van der Waals surface area contributed by atoms with Crippen molar-refractivity contribution in [3.8, 4) is 0 Å². The Hall–Kier alpha value is -2.95. The van der Waals surface area contributed by atoms with Crippen molar-refractivity contribution < 1.29 is 9.65 Å². The van der Waals surface area contributed by atoms with Gasteiger partial charge in [0.15, 0.2) is 12.7 Å². The second-order valence-electron chi connectivity index (χ2n) is 4.40. The third kappa shape index (κ3) is 4.28. The summed E-state index contributed by atoms with van der Waals surface area (Å²) in [6.45, 7) is 0.919. The van der Waals surface area contributed by atoms with Crippen LogP contribution in [0.3, 0.4) is 0 Å². The lowest BCUT2D eigenvalue weighted by Crippen LogP contribution is -2.34. The van der Waals surface area contributed by atoms with Gasteiger partial charge in [-0.3, -0.25) is 0 Å². The summed E-state index contributed by atoms with van der Waals surface area (Å²) < 4.78 is 2.28. The second kappa shape index (κ2) is 7.00. The number of hydrogen-bond acceptors (Lipinski definition) is 3. The molecule has 1 heterocycles. The van der Waals surface area contributed by atoms with Crippen molar-refractivity contribution in [2.24, 2.45) is 0 Å². The van der Waals surface area contributed by atoms with E-state index in [0.29, 0.717) is 0 Å².